The van der Waals surface area contributed by atoms with E-state index in [1.165, 1.54) is 4.88 Å². The van der Waals surface area contributed by atoms with Crippen LogP contribution in [0.3, 0.4) is 0 Å². The lowest BCUT2D eigenvalue weighted by atomic mass is 9.76. The third-order valence-electron chi connectivity index (χ3n) is 3.89. The molecule has 1 aliphatic heterocycles. The highest BCUT2D eigenvalue weighted by Gasteiger charge is 2.41. The molecule has 1 fully saturated rings. The molecule has 1 aromatic heterocycles. The van der Waals surface area contributed by atoms with E-state index in [1.807, 2.05) is 13.1 Å². The van der Waals surface area contributed by atoms with E-state index in [0.717, 1.165) is 43.8 Å². The quantitative estimate of drug-likeness (QED) is 0.902. The highest BCUT2D eigenvalue weighted by Crippen LogP contribution is 2.35. The standard InChI is InChI=1S/C14H22N2O2S/c1-3-5-14(13(17)18)6-4-7-16(10-14)9-12-8-15-11(2)19-12/h8H,3-7,9-10H2,1-2H3,(H,17,18). The van der Waals surface area contributed by atoms with Crippen molar-refractivity contribution in [3.8, 4) is 0 Å². The van der Waals surface area contributed by atoms with E-state index in [9.17, 15) is 9.90 Å². The number of nitrogens with zero attached hydrogens (tertiary/aromatic N) is 2. The molecule has 2 heterocycles. The molecule has 0 saturated carbocycles. The minimum absolute atomic E-state index is 0.535. The minimum Gasteiger partial charge on any atom is -0.481 e. The molecule has 0 aromatic carbocycles. The summed E-state index contributed by atoms with van der Waals surface area (Å²) >= 11 is 1.70. The van der Waals surface area contributed by atoms with Gasteiger partial charge in [-0.2, -0.15) is 0 Å². The maximum absolute atomic E-state index is 11.6. The third kappa shape index (κ3) is 3.34. The van der Waals surface area contributed by atoms with Gasteiger partial charge in [-0.05, 0) is 32.7 Å². The molecule has 1 aliphatic rings. The zero-order valence-corrected chi connectivity index (χ0v) is 12.5. The molecule has 0 amide bonds. The predicted molar refractivity (Wildman–Crippen MR) is 76.3 cm³/mol. The van der Waals surface area contributed by atoms with Gasteiger partial charge in [0.2, 0.25) is 0 Å². The molecular weight excluding hydrogens is 260 g/mol. The molecule has 4 nitrogen and oxygen atoms in total. The zero-order chi connectivity index (χ0) is 13.9. The maximum Gasteiger partial charge on any atom is 0.310 e. The van der Waals surface area contributed by atoms with Crippen molar-refractivity contribution in [2.45, 2.75) is 46.1 Å². The van der Waals surface area contributed by atoms with Crippen molar-refractivity contribution in [3.63, 3.8) is 0 Å². The summed E-state index contributed by atoms with van der Waals surface area (Å²) in [4.78, 5) is 19.4. The van der Waals surface area contributed by atoms with Gasteiger partial charge in [0.15, 0.2) is 0 Å². The summed E-state index contributed by atoms with van der Waals surface area (Å²) in [6.07, 6.45) is 5.41. The Morgan fingerprint density at radius 1 is 1.63 bits per heavy atom. The monoisotopic (exact) mass is 282 g/mol. The molecule has 0 radical (unpaired) electrons. The number of carboxylic acids is 1. The summed E-state index contributed by atoms with van der Waals surface area (Å²) in [6, 6.07) is 0. The first kappa shape index (κ1) is 14.5. The van der Waals surface area contributed by atoms with Gasteiger partial charge in [-0.3, -0.25) is 9.69 Å². The molecule has 1 atom stereocenters. The number of aliphatic carboxylic acids is 1. The lowest BCUT2D eigenvalue weighted by molar-refractivity contribution is -0.153. The Kier molecular flexibility index (Phi) is 4.58. The molecule has 1 N–H and O–H groups in total. The van der Waals surface area contributed by atoms with Crippen LogP contribution in [-0.2, 0) is 11.3 Å². The van der Waals surface area contributed by atoms with Gasteiger partial charge < -0.3 is 5.11 Å². The van der Waals surface area contributed by atoms with Crippen LogP contribution < -0.4 is 0 Å². The molecule has 0 bridgehead atoms. The van der Waals surface area contributed by atoms with Crippen molar-refractivity contribution in [1.29, 1.82) is 0 Å². The lowest BCUT2D eigenvalue weighted by Gasteiger charge is -2.39. The molecule has 2 rings (SSSR count). The Bertz CT molecular complexity index is 442. The first-order chi connectivity index (χ1) is 9.05. The second-order valence-electron chi connectivity index (χ2n) is 5.50. The van der Waals surface area contributed by atoms with E-state index in [0.29, 0.717) is 6.54 Å². The number of hydrogen-bond donors (Lipinski definition) is 1. The summed E-state index contributed by atoms with van der Waals surface area (Å²) in [7, 11) is 0. The Morgan fingerprint density at radius 2 is 2.42 bits per heavy atom. The van der Waals surface area contributed by atoms with E-state index >= 15 is 0 Å². The van der Waals surface area contributed by atoms with Gasteiger partial charge in [-0.1, -0.05) is 13.3 Å². The summed E-state index contributed by atoms with van der Waals surface area (Å²) in [5, 5.41) is 10.6. The molecule has 19 heavy (non-hydrogen) atoms. The third-order valence-corrected chi connectivity index (χ3v) is 4.78. The van der Waals surface area contributed by atoms with Crippen molar-refractivity contribution < 1.29 is 9.90 Å². The highest BCUT2D eigenvalue weighted by molar-refractivity contribution is 7.11. The van der Waals surface area contributed by atoms with Crippen molar-refractivity contribution in [2.24, 2.45) is 5.41 Å². The van der Waals surface area contributed by atoms with E-state index < -0.39 is 11.4 Å². The summed E-state index contributed by atoms with van der Waals surface area (Å²) in [6.45, 7) is 6.58. The smallest absolute Gasteiger partial charge is 0.310 e. The largest absolute Gasteiger partial charge is 0.481 e. The van der Waals surface area contributed by atoms with Crippen LogP contribution in [0.4, 0.5) is 0 Å². The number of carbonyl (C=O) groups is 1. The number of aromatic nitrogens is 1. The van der Waals surface area contributed by atoms with Crippen LogP contribution in [0.15, 0.2) is 6.20 Å². The van der Waals surface area contributed by atoms with E-state index in [-0.39, 0.29) is 0 Å². The van der Waals surface area contributed by atoms with Crippen molar-refractivity contribution in [2.75, 3.05) is 13.1 Å². The SMILES string of the molecule is CCCC1(C(=O)O)CCCN(Cc2cnc(C)s2)C1. The van der Waals surface area contributed by atoms with Gasteiger partial charge in [0, 0.05) is 24.2 Å². The molecular formula is C14H22N2O2S. The first-order valence-corrected chi connectivity index (χ1v) is 7.74. The topological polar surface area (TPSA) is 53.4 Å². The van der Waals surface area contributed by atoms with Crippen LogP contribution in [0.5, 0.6) is 0 Å². The maximum atomic E-state index is 11.6. The Morgan fingerprint density at radius 3 is 3.00 bits per heavy atom. The zero-order valence-electron chi connectivity index (χ0n) is 11.7. The van der Waals surface area contributed by atoms with E-state index in [4.69, 9.17) is 0 Å². The molecule has 1 saturated heterocycles. The number of likely N-dealkylation sites (tertiary alicyclic amines) is 1. The molecule has 1 unspecified atom stereocenters. The van der Waals surface area contributed by atoms with Crippen LogP contribution in [0.1, 0.15) is 42.5 Å². The van der Waals surface area contributed by atoms with Gasteiger partial charge in [0.05, 0.1) is 10.4 Å². The molecule has 106 valence electrons. The van der Waals surface area contributed by atoms with Gasteiger partial charge in [-0.15, -0.1) is 11.3 Å². The van der Waals surface area contributed by atoms with Crippen molar-refractivity contribution in [3.05, 3.63) is 16.1 Å². The van der Waals surface area contributed by atoms with E-state index in [1.54, 1.807) is 11.3 Å². The molecule has 5 heteroatoms. The van der Waals surface area contributed by atoms with Crippen LogP contribution in [0.2, 0.25) is 0 Å². The van der Waals surface area contributed by atoms with Crippen molar-refractivity contribution >= 4 is 17.3 Å². The number of carboxylic acid groups (broad SMARTS) is 1. The molecule has 1 aromatic rings. The Hall–Kier alpha value is -0.940. The van der Waals surface area contributed by atoms with Crippen LogP contribution in [0.25, 0.3) is 0 Å². The summed E-state index contributed by atoms with van der Waals surface area (Å²) < 4.78 is 0. The normalized spacial score (nSPS) is 24.5. The van der Waals surface area contributed by atoms with Gasteiger partial charge in [0.25, 0.3) is 0 Å². The van der Waals surface area contributed by atoms with Gasteiger partial charge >= 0.3 is 5.97 Å². The van der Waals surface area contributed by atoms with E-state index in [2.05, 4.69) is 16.8 Å². The Labute approximate surface area is 118 Å². The van der Waals surface area contributed by atoms with Crippen LogP contribution in [-0.4, -0.2) is 34.0 Å². The molecule has 0 aliphatic carbocycles. The van der Waals surface area contributed by atoms with Crippen molar-refractivity contribution in [1.82, 2.24) is 9.88 Å². The number of aryl methyl sites for hydroxylation is 1. The van der Waals surface area contributed by atoms with Crippen LogP contribution in [0, 0.1) is 12.3 Å². The fourth-order valence-corrected chi connectivity index (χ4v) is 3.86. The molecule has 0 spiro atoms. The fourth-order valence-electron chi connectivity index (χ4n) is 3.03. The fraction of sp³-hybridized carbons (Fsp3) is 0.714. The first-order valence-electron chi connectivity index (χ1n) is 6.93. The minimum atomic E-state index is -0.625. The number of hydrogen-bond acceptors (Lipinski definition) is 4. The second-order valence-corrected chi connectivity index (χ2v) is 6.81. The van der Waals surface area contributed by atoms with Gasteiger partial charge in [-0.25, -0.2) is 4.98 Å². The summed E-state index contributed by atoms with van der Waals surface area (Å²) in [5.74, 6) is -0.625. The second kappa shape index (κ2) is 6.01. The van der Waals surface area contributed by atoms with Crippen LogP contribution >= 0.6 is 11.3 Å². The Balaban J connectivity index is 2.05. The average molecular weight is 282 g/mol. The summed E-state index contributed by atoms with van der Waals surface area (Å²) in [5.41, 5.74) is -0.535. The highest BCUT2D eigenvalue weighted by atomic mass is 32.1. The number of piperidine rings is 1. The predicted octanol–water partition coefficient (Wildman–Crippen LogP) is 2.92. The number of thiazole rings is 1. The van der Waals surface area contributed by atoms with Gasteiger partial charge in [0.1, 0.15) is 0 Å². The number of rotatable bonds is 5. The lowest BCUT2D eigenvalue weighted by Crippen LogP contribution is -2.47. The average Bonchev–Trinajstić information content (AvgIpc) is 2.75.